The molecule has 0 atom stereocenters. The lowest BCUT2D eigenvalue weighted by Gasteiger charge is -2.09. The Bertz CT molecular complexity index is 1640. The van der Waals surface area contributed by atoms with E-state index in [-0.39, 0.29) is 12.1 Å². The Morgan fingerprint density at radius 1 is 0.842 bits per heavy atom. The summed E-state index contributed by atoms with van der Waals surface area (Å²) >= 11 is 1.53. The van der Waals surface area contributed by atoms with E-state index >= 15 is 0 Å². The number of rotatable bonds is 7. The number of nitrogens with zero attached hydrogens (tertiary/aromatic N) is 2. The van der Waals surface area contributed by atoms with Crippen LogP contribution in [0.3, 0.4) is 0 Å². The van der Waals surface area contributed by atoms with Crippen molar-refractivity contribution in [2.24, 2.45) is 0 Å². The number of carbonyl (C=O) groups is 2. The molecule has 0 spiro atoms. The number of anilines is 2. The van der Waals surface area contributed by atoms with Crippen molar-refractivity contribution >= 4 is 44.9 Å². The summed E-state index contributed by atoms with van der Waals surface area (Å²) in [6, 6.07) is 17.4. The Morgan fingerprint density at radius 2 is 1.53 bits per heavy atom. The Labute approximate surface area is 219 Å². The van der Waals surface area contributed by atoms with E-state index in [1.807, 2.05) is 41.8 Å². The molecule has 0 aliphatic heterocycles. The highest BCUT2D eigenvalue weighted by Crippen LogP contribution is 2.37. The summed E-state index contributed by atoms with van der Waals surface area (Å²) in [5.74, 6) is -2.86. The number of carboxylic acids is 1. The molecule has 5 rings (SSSR count). The molecular formula is C28H20F2N4O3S. The molecule has 2 amide bonds. The van der Waals surface area contributed by atoms with Gasteiger partial charge in [0.2, 0.25) is 0 Å². The summed E-state index contributed by atoms with van der Waals surface area (Å²) in [6.07, 6.45) is 2.07. The van der Waals surface area contributed by atoms with E-state index in [4.69, 9.17) is 5.11 Å². The van der Waals surface area contributed by atoms with E-state index in [1.165, 1.54) is 23.7 Å². The second kappa shape index (κ2) is 10.7. The van der Waals surface area contributed by atoms with Crippen LogP contribution in [-0.4, -0.2) is 27.1 Å². The molecule has 0 saturated carbocycles. The van der Waals surface area contributed by atoms with Crippen LogP contribution in [0.15, 0.2) is 78.4 Å². The summed E-state index contributed by atoms with van der Waals surface area (Å²) < 4.78 is 27.4. The van der Waals surface area contributed by atoms with Crippen molar-refractivity contribution in [1.82, 2.24) is 9.97 Å². The fourth-order valence-corrected chi connectivity index (χ4v) is 4.98. The minimum Gasteiger partial charge on any atom is -0.481 e. The molecule has 0 bridgehead atoms. The van der Waals surface area contributed by atoms with E-state index in [9.17, 15) is 18.4 Å². The number of aromatic nitrogens is 2. The lowest BCUT2D eigenvalue weighted by molar-refractivity contribution is -0.136. The van der Waals surface area contributed by atoms with Crippen LogP contribution in [0, 0.1) is 11.6 Å². The number of hydrogen-bond acceptors (Lipinski definition) is 5. The Hall–Kier alpha value is -4.70. The molecule has 2 heterocycles. The second-order valence-electron chi connectivity index (χ2n) is 8.43. The number of nitrogens with one attached hydrogen (secondary N) is 2. The maximum atomic E-state index is 13.4. The van der Waals surface area contributed by atoms with Gasteiger partial charge in [0, 0.05) is 40.4 Å². The number of halogens is 2. The van der Waals surface area contributed by atoms with Crippen molar-refractivity contribution in [1.29, 1.82) is 0 Å². The topological polar surface area (TPSA) is 104 Å². The smallest absolute Gasteiger partial charge is 0.323 e. The van der Waals surface area contributed by atoms with Crippen LogP contribution >= 0.6 is 11.3 Å². The lowest BCUT2D eigenvalue weighted by atomic mass is 10.0. The zero-order valence-corrected chi connectivity index (χ0v) is 20.6. The molecule has 0 unspecified atom stereocenters. The number of thiophene rings is 1. The molecule has 190 valence electrons. The summed E-state index contributed by atoms with van der Waals surface area (Å²) in [4.78, 5) is 32.0. The average molecular weight is 531 g/mol. The van der Waals surface area contributed by atoms with Gasteiger partial charge in [-0.25, -0.2) is 23.5 Å². The molecule has 3 aromatic carbocycles. The van der Waals surface area contributed by atoms with E-state index in [1.54, 1.807) is 12.1 Å². The Balaban J connectivity index is 1.32. The SMILES string of the molecule is O=C(O)CCc1ccc(-c2csc3c(-c4ccc(NC(=O)Nc5ccc(F)c(F)c5)cc4)ncnc23)cc1. The maximum Gasteiger partial charge on any atom is 0.323 e. The minimum atomic E-state index is -1.05. The molecule has 38 heavy (non-hydrogen) atoms. The van der Waals surface area contributed by atoms with E-state index in [0.717, 1.165) is 50.3 Å². The molecule has 3 N–H and O–H groups in total. The highest BCUT2D eigenvalue weighted by Gasteiger charge is 2.14. The third-order valence-corrected chi connectivity index (χ3v) is 6.82. The number of aryl methyl sites for hydroxylation is 1. The van der Waals surface area contributed by atoms with Crippen molar-refractivity contribution in [3.05, 3.63) is 95.6 Å². The first-order chi connectivity index (χ1) is 18.4. The summed E-state index contributed by atoms with van der Waals surface area (Å²) in [5.41, 5.74) is 5.93. The van der Waals surface area contributed by atoms with Crippen LogP contribution in [0.1, 0.15) is 12.0 Å². The molecule has 0 aliphatic carbocycles. The van der Waals surface area contributed by atoms with Crippen molar-refractivity contribution < 1.29 is 23.5 Å². The number of amides is 2. The maximum absolute atomic E-state index is 13.4. The predicted octanol–water partition coefficient (Wildman–Crippen LogP) is 6.96. The zero-order chi connectivity index (χ0) is 26.6. The van der Waals surface area contributed by atoms with Gasteiger partial charge in [0.15, 0.2) is 11.6 Å². The van der Waals surface area contributed by atoms with Gasteiger partial charge in [-0.2, -0.15) is 0 Å². The summed E-state index contributed by atoms with van der Waals surface area (Å²) in [7, 11) is 0. The third kappa shape index (κ3) is 5.50. The third-order valence-electron chi connectivity index (χ3n) is 5.84. The lowest BCUT2D eigenvalue weighted by Crippen LogP contribution is -2.19. The first-order valence-corrected chi connectivity index (χ1v) is 12.4. The molecule has 0 aliphatic rings. The number of carboxylic acid groups (broad SMARTS) is 1. The van der Waals surface area contributed by atoms with Crippen LogP contribution in [-0.2, 0) is 11.2 Å². The highest BCUT2D eigenvalue weighted by molar-refractivity contribution is 7.18. The second-order valence-corrected chi connectivity index (χ2v) is 9.31. The van der Waals surface area contributed by atoms with Gasteiger partial charge in [-0.3, -0.25) is 4.79 Å². The largest absolute Gasteiger partial charge is 0.481 e. The van der Waals surface area contributed by atoms with Crippen molar-refractivity contribution in [2.75, 3.05) is 10.6 Å². The standard InChI is InChI=1S/C28H20F2N4O3S/c29-22-11-10-20(13-23(22)30)34-28(37)33-19-8-6-18(7-9-19)25-27-26(32-15-31-25)21(14-38-27)17-4-1-16(2-5-17)3-12-24(35)36/h1-2,4-11,13-15H,3,12H2,(H,35,36)(H2,33,34,37). The summed E-state index contributed by atoms with van der Waals surface area (Å²) in [6.45, 7) is 0. The number of carbonyl (C=O) groups excluding carboxylic acids is 1. The molecule has 10 heteroatoms. The molecule has 0 fully saturated rings. The quantitative estimate of drug-likeness (QED) is 0.211. The number of aliphatic carboxylic acids is 1. The monoisotopic (exact) mass is 530 g/mol. The van der Waals surface area contributed by atoms with Crippen LogP contribution in [0.25, 0.3) is 32.6 Å². The average Bonchev–Trinajstić information content (AvgIpc) is 3.35. The van der Waals surface area contributed by atoms with Gasteiger partial charge in [-0.1, -0.05) is 36.4 Å². The minimum absolute atomic E-state index is 0.0878. The van der Waals surface area contributed by atoms with E-state index in [0.29, 0.717) is 12.1 Å². The van der Waals surface area contributed by atoms with Crippen LogP contribution < -0.4 is 10.6 Å². The van der Waals surface area contributed by atoms with E-state index < -0.39 is 23.6 Å². The summed E-state index contributed by atoms with van der Waals surface area (Å²) in [5, 5.41) is 16.0. The van der Waals surface area contributed by atoms with Crippen molar-refractivity contribution in [2.45, 2.75) is 12.8 Å². The van der Waals surface area contributed by atoms with Gasteiger partial charge < -0.3 is 15.7 Å². The van der Waals surface area contributed by atoms with Crippen LogP contribution in [0.4, 0.5) is 25.0 Å². The fraction of sp³-hybridized carbons (Fsp3) is 0.0714. The van der Waals surface area contributed by atoms with Crippen molar-refractivity contribution in [3.8, 4) is 22.4 Å². The zero-order valence-electron chi connectivity index (χ0n) is 19.7. The van der Waals surface area contributed by atoms with Crippen molar-refractivity contribution in [3.63, 3.8) is 0 Å². The van der Waals surface area contributed by atoms with Gasteiger partial charge in [0.1, 0.15) is 6.33 Å². The van der Waals surface area contributed by atoms with Crippen LogP contribution in [0.2, 0.25) is 0 Å². The first-order valence-electron chi connectivity index (χ1n) is 11.5. The Morgan fingerprint density at radius 3 is 2.24 bits per heavy atom. The van der Waals surface area contributed by atoms with Gasteiger partial charge in [0.05, 0.1) is 15.9 Å². The van der Waals surface area contributed by atoms with Gasteiger partial charge in [-0.15, -0.1) is 11.3 Å². The van der Waals surface area contributed by atoms with Crippen LogP contribution in [0.5, 0.6) is 0 Å². The number of urea groups is 1. The normalized spacial score (nSPS) is 10.9. The highest BCUT2D eigenvalue weighted by atomic mass is 32.1. The predicted molar refractivity (Wildman–Crippen MR) is 143 cm³/mol. The molecular weight excluding hydrogens is 510 g/mol. The molecule has 5 aromatic rings. The number of fused-ring (bicyclic) bond motifs is 1. The van der Waals surface area contributed by atoms with Gasteiger partial charge in [0.25, 0.3) is 0 Å². The van der Waals surface area contributed by atoms with E-state index in [2.05, 4.69) is 20.6 Å². The molecule has 7 nitrogen and oxygen atoms in total. The number of hydrogen-bond donors (Lipinski definition) is 3. The number of benzene rings is 3. The molecule has 0 radical (unpaired) electrons. The van der Waals surface area contributed by atoms with Gasteiger partial charge >= 0.3 is 12.0 Å². The molecule has 0 saturated heterocycles. The molecule has 2 aromatic heterocycles. The Kier molecular flexibility index (Phi) is 7.05. The van der Waals surface area contributed by atoms with Gasteiger partial charge in [-0.05, 0) is 41.8 Å². The first kappa shape index (κ1) is 25.0. The fourth-order valence-electron chi connectivity index (χ4n) is 3.94.